The second-order valence-electron chi connectivity index (χ2n) is 4.69. The van der Waals surface area contributed by atoms with Crippen molar-refractivity contribution < 1.29 is 12.8 Å². The molecule has 2 N–H and O–H groups in total. The molecule has 1 heterocycles. The number of benzene rings is 1. The van der Waals surface area contributed by atoms with Crippen molar-refractivity contribution in [2.45, 2.75) is 19.4 Å². The van der Waals surface area contributed by atoms with E-state index in [1.807, 2.05) is 17.5 Å². The van der Waals surface area contributed by atoms with E-state index in [4.69, 9.17) is 0 Å². The normalized spacial score (nSPS) is 12.9. The summed E-state index contributed by atoms with van der Waals surface area (Å²) in [7, 11) is -3.51. The number of hydrogen-bond donors (Lipinski definition) is 2. The van der Waals surface area contributed by atoms with Gasteiger partial charge in [-0.25, -0.2) is 12.8 Å². The lowest BCUT2D eigenvalue weighted by atomic mass is 10.1. The van der Waals surface area contributed by atoms with E-state index >= 15 is 0 Å². The highest BCUT2D eigenvalue weighted by molar-refractivity contribution is 7.92. The van der Waals surface area contributed by atoms with Gasteiger partial charge in [0.1, 0.15) is 5.82 Å². The third-order valence-corrected chi connectivity index (χ3v) is 4.47. The lowest BCUT2D eigenvalue weighted by Gasteiger charge is -2.18. The molecule has 7 heteroatoms. The van der Waals surface area contributed by atoms with Crippen molar-refractivity contribution in [3.05, 3.63) is 46.4 Å². The number of thiophene rings is 1. The van der Waals surface area contributed by atoms with Gasteiger partial charge in [0, 0.05) is 10.6 Å². The Kier molecular flexibility index (Phi) is 4.84. The van der Waals surface area contributed by atoms with Crippen LogP contribution in [0.4, 0.5) is 15.8 Å². The first-order valence-corrected chi connectivity index (χ1v) is 9.23. The van der Waals surface area contributed by atoms with Crippen LogP contribution in [0.15, 0.2) is 35.7 Å². The van der Waals surface area contributed by atoms with Crippen molar-refractivity contribution in [2.75, 3.05) is 16.3 Å². The SMILES string of the molecule is CCC(Nc1ccc(F)c(NS(C)(=O)=O)c1)c1cccs1. The van der Waals surface area contributed by atoms with Gasteiger partial charge in [-0.15, -0.1) is 11.3 Å². The molecule has 0 spiro atoms. The van der Waals surface area contributed by atoms with Crippen molar-refractivity contribution in [1.29, 1.82) is 0 Å². The van der Waals surface area contributed by atoms with E-state index in [2.05, 4.69) is 17.0 Å². The summed E-state index contributed by atoms with van der Waals surface area (Å²) in [5.41, 5.74) is 0.617. The van der Waals surface area contributed by atoms with E-state index in [0.717, 1.165) is 12.7 Å². The molecule has 0 saturated heterocycles. The summed E-state index contributed by atoms with van der Waals surface area (Å²) in [6, 6.07) is 8.43. The molecule has 114 valence electrons. The molecule has 4 nitrogen and oxygen atoms in total. The molecule has 0 fully saturated rings. The Morgan fingerprint density at radius 2 is 2.10 bits per heavy atom. The molecule has 1 aromatic carbocycles. The predicted molar refractivity (Wildman–Crippen MR) is 85.8 cm³/mol. The first-order valence-electron chi connectivity index (χ1n) is 6.46. The molecule has 0 aliphatic rings. The van der Waals surface area contributed by atoms with Gasteiger partial charge in [-0.1, -0.05) is 13.0 Å². The van der Waals surface area contributed by atoms with Gasteiger partial charge in [-0.2, -0.15) is 0 Å². The highest BCUT2D eigenvalue weighted by Crippen LogP contribution is 2.28. The zero-order chi connectivity index (χ0) is 15.5. The maximum absolute atomic E-state index is 13.6. The third-order valence-electron chi connectivity index (χ3n) is 2.90. The lowest BCUT2D eigenvalue weighted by Crippen LogP contribution is -2.12. The second kappa shape index (κ2) is 6.44. The van der Waals surface area contributed by atoms with Crippen molar-refractivity contribution >= 4 is 32.7 Å². The molecule has 0 radical (unpaired) electrons. The number of hydrogen-bond acceptors (Lipinski definition) is 4. The molecular weight excluding hydrogens is 311 g/mol. The molecule has 2 aromatic rings. The fourth-order valence-electron chi connectivity index (χ4n) is 1.96. The summed E-state index contributed by atoms with van der Waals surface area (Å²) in [4.78, 5) is 1.18. The molecule has 0 aliphatic heterocycles. The van der Waals surface area contributed by atoms with Crippen LogP contribution in [-0.4, -0.2) is 14.7 Å². The van der Waals surface area contributed by atoms with E-state index in [1.165, 1.54) is 17.0 Å². The minimum Gasteiger partial charge on any atom is -0.377 e. The van der Waals surface area contributed by atoms with Gasteiger partial charge in [0.25, 0.3) is 0 Å². The van der Waals surface area contributed by atoms with Crippen LogP contribution >= 0.6 is 11.3 Å². The first-order chi connectivity index (χ1) is 9.89. The van der Waals surface area contributed by atoms with Gasteiger partial charge in [0.05, 0.1) is 18.0 Å². The minimum absolute atomic E-state index is 0.0523. The number of sulfonamides is 1. The summed E-state index contributed by atoms with van der Waals surface area (Å²) in [6.07, 6.45) is 1.86. The fourth-order valence-corrected chi connectivity index (χ4v) is 3.38. The Bertz CT molecular complexity index is 700. The second-order valence-corrected chi connectivity index (χ2v) is 7.42. The molecular formula is C14H17FN2O2S2. The summed E-state index contributed by atoms with van der Waals surface area (Å²) >= 11 is 1.64. The highest BCUT2D eigenvalue weighted by Gasteiger charge is 2.13. The molecule has 1 aromatic heterocycles. The van der Waals surface area contributed by atoms with Crippen LogP contribution in [0.1, 0.15) is 24.3 Å². The average molecular weight is 328 g/mol. The lowest BCUT2D eigenvalue weighted by molar-refractivity contribution is 0.603. The summed E-state index contributed by atoms with van der Waals surface area (Å²) in [5.74, 6) is -0.602. The van der Waals surface area contributed by atoms with Gasteiger partial charge < -0.3 is 5.32 Å². The zero-order valence-corrected chi connectivity index (χ0v) is 13.4. The van der Waals surface area contributed by atoms with Crippen LogP contribution in [0.3, 0.4) is 0 Å². The zero-order valence-electron chi connectivity index (χ0n) is 11.8. The fraction of sp³-hybridized carbons (Fsp3) is 0.286. The molecule has 1 unspecified atom stereocenters. The quantitative estimate of drug-likeness (QED) is 0.847. The van der Waals surface area contributed by atoms with E-state index < -0.39 is 15.8 Å². The predicted octanol–water partition coefficient (Wildman–Crippen LogP) is 3.82. The van der Waals surface area contributed by atoms with Gasteiger partial charge in [-0.05, 0) is 36.1 Å². The van der Waals surface area contributed by atoms with Crippen molar-refractivity contribution in [2.24, 2.45) is 0 Å². The Balaban J connectivity index is 2.22. The summed E-state index contributed by atoms with van der Waals surface area (Å²) in [5, 5.41) is 5.29. The maximum Gasteiger partial charge on any atom is 0.229 e. The number of anilines is 2. The van der Waals surface area contributed by atoms with Gasteiger partial charge in [0.2, 0.25) is 10.0 Å². The third kappa shape index (κ3) is 4.44. The van der Waals surface area contributed by atoms with Crippen LogP contribution in [0, 0.1) is 5.82 Å². The minimum atomic E-state index is -3.51. The van der Waals surface area contributed by atoms with E-state index in [0.29, 0.717) is 5.69 Å². The Morgan fingerprint density at radius 1 is 1.33 bits per heavy atom. The van der Waals surface area contributed by atoms with Crippen LogP contribution in [-0.2, 0) is 10.0 Å². The molecule has 1 atom stereocenters. The van der Waals surface area contributed by atoms with E-state index in [9.17, 15) is 12.8 Å². The van der Waals surface area contributed by atoms with Crippen molar-refractivity contribution in [3.63, 3.8) is 0 Å². The average Bonchev–Trinajstić information content (AvgIpc) is 2.91. The Morgan fingerprint density at radius 3 is 2.67 bits per heavy atom. The summed E-state index contributed by atoms with van der Waals surface area (Å²) < 4.78 is 38.3. The largest absolute Gasteiger partial charge is 0.377 e. The van der Waals surface area contributed by atoms with Crippen LogP contribution in [0.25, 0.3) is 0 Å². The first kappa shape index (κ1) is 15.8. The Labute approximate surface area is 128 Å². The smallest absolute Gasteiger partial charge is 0.229 e. The van der Waals surface area contributed by atoms with Crippen LogP contribution in [0.5, 0.6) is 0 Å². The molecule has 0 aliphatic carbocycles. The van der Waals surface area contributed by atoms with Crippen molar-refractivity contribution in [3.8, 4) is 0 Å². The molecule has 0 saturated carbocycles. The Hall–Kier alpha value is -1.60. The standard InChI is InChI=1S/C14H17FN2O2S2/c1-3-12(14-5-4-8-20-14)16-10-6-7-11(15)13(9-10)17-21(2,18)19/h4-9,12,16-17H,3H2,1-2H3. The van der Waals surface area contributed by atoms with Gasteiger partial charge in [-0.3, -0.25) is 4.72 Å². The van der Waals surface area contributed by atoms with E-state index in [-0.39, 0.29) is 11.7 Å². The maximum atomic E-state index is 13.6. The van der Waals surface area contributed by atoms with Crippen LogP contribution in [0.2, 0.25) is 0 Å². The topological polar surface area (TPSA) is 58.2 Å². The highest BCUT2D eigenvalue weighted by atomic mass is 32.2. The number of rotatable bonds is 6. The van der Waals surface area contributed by atoms with E-state index in [1.54, 1.807) is 17.4 Å². The number of halogens is 1. The summed E-state index contributed by atoms with van der Waals surface area (Å²) in [6.45, 7) is 2.05. The molecule has 2 rings (SSSR count). The monoisotopic (exact) mass is 328 g/mol. The molecule has 0 amide bonds. The van der Waals surface area contributed by atoms with Gasteiger partial charge >= 0.3 is 0 Å². The number of nitrogens with one attached hydrogen (secondary N) is 2. The van der Waals surface area contributed by atoms with Crippen LogP contribution < -0.4 is 10.0 Å². The van der Waals surface area contributed by atoms with Gasteiger partial charge in [0.15, 0.2) is 0 Å². The molecule has 21 heavy (non-hydrogen) atoms. The van der Waals surface area contributed by atoms with Crippen molar-refractivity contribution in [1.82, 2.24) is 0 Å². The molecule has 0 bridgehead atoms.